The van der Waals surface area contributed by atoms with Crippen molar-refractivity contribution < 1.29 is 22.8 Å². The normalized spacial score (nSPS) is 14.8. The Bertz CT molecular complexity index is 1120. The number of benzene rings is 1. The highest BCUT2D eigenvalue weighted by Gasteiger charge is 2.42. The van der Waals surface area contributed by atoms with E-state index in [2.05, 4.69) is 5.32 Å². The molecule has 1 aliphatic rings. The maximum absolute atomic E-state index is 13.1. The van der Waals surface area contributed by atoms with Crippen LogP contribution in [0, 0.1) is 5.92 Å². The summed E-state index contributed by atoms with van der Waals surface area (Å²) in [4.78, 5) is 40.6. The number of rotatable bonds is 10. The minimum absolute atomic E-state index is 0.0672. The summed E-state index contributed by atoms with van der Waals surface area (Å²) in [6.07, 6.45) is 0.323. The van der Waals surface area contributed by atoms with Gasteiger partial charge in [-0.2, -0.15) is 4.31 Å². The second kappa shape index (κ2) is 10.1. The predicted octanol–water partition coefficient (Wildman–Crippen LogP) is 3.11. The highest BCUT2D eigenvalue weighted by molar-refractivity contribution is 7.91. The molecule has 10 heteroatoms. The maximum Gasteiger partial charge on any atom is 0.262 e. The van der Waals surface area contributed by atoms with Crippen molar-refractivity contribution >= 4 is 39.1 Å². The molecule has 1 aliphatic heterocycles. The summed E-state index contributed by atoms with van der Waals surface area (Å²) >= 11 is 1.10. The zero-order chi connectivity index (χ0) is 24.3. The van der Waals surface area contributed by atoms with Crippen molar-refractivity contribution in [2.24, 2.45) is 5.92 Å². The molecule has 3 amide bonds. The minimum Gasteiger partial charge on any atom is -0.349 e. The molecule has 3 rings (SSSR count). The third-order valence-corrected chi connectivity index (χ3v) is 9.11. The van der Waals surface area contributed by atoms with E-state index in [-0.39, 0.29) is 16.7 Å². The van der Waals surface area contributed by atoms with E-state index >= 15 is 0 Å². The molecule has 0 radical (unpaired) electrons. The molecule has 0 saturated heterocycles. The lowest BCUT2D eigenvalue weighted by Gasteiger charge is -2.26. The summed E-state index contributed by atoms with van der Waals surface area (Å²) in [7, 11) is -3.57. The van der Waals surface area contributed by atoms with Gasteiger partial charge in [0.2, 0.25) is 5.91 Å². The fraction of sp³-hybridized carbons (Fsp3) is 0.435. The molecule has 0 saturated carbocycles. The van der Waals surface area contributed by atoms with Crippen LogP contribution in [0.1, 0.15) is 59.7 Å². The number of carbonyl (C=O) groups is 3. The molecule has 8 nitrogen and oxygen atoms in total. The van der Waals surface area contributed by atoms with Gasteiger partial charge in [-0.25, -0.2) is 8.42 Å². The number of hydrogen-bond acceptors (Lipinski definition) is 6. The molecule has 33 heavy (non-hydrogen) atoms. The van der Waals surface area contributed by atoms with Gasteiger partial charge in [-0.1, -0.05) is 39.8 Å². The van der Waals surface area contributed by atoms with Crippen LogP contribution in [0.25, 0.3) is 0 Å². The number of nitrogens with one attached hydrogen (secondary N) is 1. The van der Waals surface area contributed by atoms with Crippen molar-refractivity contribution in [3.05, 3.63) is 52.4 Å². The van der Waals surface area contributed by atoms with Crippen molar-refractivity contribution in [1.82, 2.24) is 14.5 Å². The number of hydrogen-bond donors (Lipinski definition) is 1. The molecule has 1 N–H and O–H groups in total. The topological polar surface area (TPSA) is 104 Å². The first kappa shape index (κ1) is 25.1. The lowest BCUT2D eigenvalue weighted by molar-refractivity contribution is -0.125. The van der Waals surface area contributed by atoms with Crippen LogP contribution in [0.5, 0.6) is 0 Å². The van der Waals surface area contributed by atoms with Gasteiger partial charge in [0.05, 0.1) is 17.7 Å². The van der Waals surface area contributed by atoms with Gasteiger partial charge < -0.3 is 5.32 Å². The highest BCUT2D eigenvalue weighted by Crippen LogP contribution is 2.28. The largest absolute Gasteiger partial charge is 0.349 e. The average molecular weight is 492 g/mol. The van der Waals surface area contributed by atoms with E-state index in [1.807, 2.05) is 13.8 Å². The summed E-state index contributed by atoms with van der Waals surface area (Å²) in [6, 6.07) is 8.80. The Hall–Kier alpha value is -2.56. The van der Waals surface area contributed by atoms with E-state index in [9.17, 15) is 22.8 Å². The quantitative estimate of drug-likeness (QED) is 0.515. The predicted molar refractivity (Wildman–Crippen MR) is 126 cm³/mol. The summed E-state index contributed by atoms with van der Waals surface area (Å²) in [6.45, 7) is 8.26. The smallest absolute Gasteiger partial charge is 0.262 e. The van der Waals surface area contributed by atoms with Gasteiger partial charge in [0, 0.05) is 18.0 Å². The van der Waals surface area contributed by atoms with Crippen molar-refractivity contribution in [2.45, 2.75) is 50.9 Å². The number of nitrogens with zero attached hydrogens (tertiary/aromatic N) is 2. The number of amides is 3. The summed E-state index contributed by atoms with van der Waals surface area (Å²) in [5.74, 6) is -1.32. The first-order valence-electron chi connectivity index (χ1n) is 10.9. The number of fused-ring (bicyclic) bond motifs is 1. The molecule has 2 aromatic rings. The zero-order valence-electron chi connectivity index (χ0n) is 19.2. The second-order valence-corrected chi connectivity index (χ2v) is 11.5. The van der Waals surface area contributed by atoms with E-state index in [4.69, 9.17) is 0 Å². The Morgan fingerprint density at radius 2 is 1.61 bits per heavy atom. The number of thiophene rings is 1. The first-order valence-corrected chi connectivity index (χ1v) is 13.2. The van der Waals surface area contributed by atoms with Crippen molar-refractivity contribution in [2.75, 3.05) is 13.1 Å². The van der Waals surface area contributed by atoms with Gasteiger partial charge in [0.15, 0.2) is 0 Å². The molecule has 2 heterocycles. The van der Waals surface area contributed by atoms with Gasteiger partial charge in [-0.05, 0) is 36.6 Å². The van der Waals surface area contributed by atoms with Gasteiger partial charge in [-0.15, -0.1) is 11.3 Å². The molecule has 1 aromatic heterocycles. The molecule has 0 unspecified atom stereocenters. The lowest BCUT2D eigenvalue weighted by Crippen LogP contribution is -2.50. The maximum atomic E-state index is 13.1. The van der Waals surface area contributed by atoms with E-state index in [1.165, 1.54) is 10.4 Å². The summed E-state index contributed by atoms with van der Waals surface area (Å²) < 4.78 is 27.0. The van der Waals surface area contributed by atoms with Crippen LogP contribution in [0.4, 0.5) is 0 Å². The molecule has 0 aliphatic carbocycles. The SMILES string of the molecule is CCN(CC)S(=O)(=O)c1ccc(CNC(=O)[C@@H](CC(C)C)N2C(=O)c3ccccc3C2=O)s1. The Morgan fingerprint density at radius 3 is 2.12 bits per heavy atom. The zero-order valence-corrected chi connectivity index (χ0v) is 20.8. The van der Waals surface area contributed by atoms with Crippen LogP contribution in [0.2, 0.25) is 0 Å². The van der Waals surface area contributed by atoms with E-state index in [1.54, 1.807) is 44.2 Å². The Labute approximate surface area is 198 Å². The molecule has 0 fully saturated rings. The van der Waals surface area contributed by atoms with Crippen LogP contribution in [-0.2, 0) is 21.4 Å². The van der Waals surface area contributed by atoms with Crippen LogP contribution >= 0.6 is 11.3 Å². The Kier molecular flexibility index (Phi) is 7.71. The van der Waals surface area contributed by atoms with Crippen molar-refractivity contribution in [1.29, 1.82) is 0 Å². The standard InChI is InChI=1S/C23H29N3O5S2/c1-5-25(6-2)33(30,31)20-12-11-16(32-20)14-24-21(27)19(13-15(3)4)26-22(28)17-9-7-8-10-18(17)23(26)29/h7-12,15,19H,5-6,13-14H2,1-4H3,(H,24,27)/t19-/m1/s1. The van der Waals surface area contributed by atoms with Crippen LogP contribution < -0.4 is 5.32 Å². The number of imide groups is 1. The van der Waals surface area contributed by atoms with Gasteiger partial charge >= 0.3 is 0 Å². The van der Waals surface area contributed by atoms with Crippen LogP contribution in [0.3, 0.4) is 0 Å². The Balaban J connectivity index is 1.76. The first-order chi connectivity index (χ1) is 15.6. The van der Waals surface area contributed by atoms with Crippen LogP contribution in [0.15, 0.2) is 40.6 Å². The lowest BCUT2D eigenvalue weighted by atomic mass is 10.0. The van der Waals surface area contributed by atoms with Crippen molar-refractivity contribution in [3.63, 3.8) is 0 Å². The molecule has 1 aromatic carbocycles. The van der Waals surface area contributed by atoms with Gasteiger partial charge in [0.25, 0.3) is 21.8 Å². The molecular weight excluding hydrogens is 462 g/mol. The van der Waals surface area contributed by atoms with Crippen molar-refractivity contribution in [3.8, 4) is 0 Å². The molecule has 1 atom stereocenters. The van der Waals surface area contributed by atoms with E-state index < -0.39 is 33.8 Å². The fourth-order valence-corrected chi connectivity index (χ4v) is 6.75. The van der Waals surface area contributed by atoms with E-state index in [0.29, 0.717) is 35.5 Å². The Morgan fingerprint density at radius 1 is 1.03 bits per heavy atom. The monoisotopic (exact) mass is 491 g/mol. The third-order valence-electron chi connectivity index (χ3n) is 5.51. The van der Waals surface area contributed by atoms with Gasteiger partial charge in [0.1, 0.15) is 10.3 Å². The molecule has 0 bridgehead atoms. The number of sulfonamides is 1. The van der Waals surface area contributed by atoms with Gasteiger partial charge in [-0.3, -0.25) is 19.3 Å². The molecule has 0 spiro atoms. The molecular formula is C23H29N3O5S2. The van der Waals surface area contributed by atoms with Crippen LogP contribution in [-0.4, -0.2) is 54.5 Å². The number of carbonyl (C=O) groups excluding carboxylic acids is 3. The minimum atomic E-state index is -3.57. The highest BCUT2D eigenvalue weighted by atomic mass is 32.2. The fourth-order valence-electron chi connectivity index (χ4n) is 3.84. The second-order valence-electron chi connectivity index (χ2n) is 8.20. The third kappa shape index (κ3) is 5.02. The average Bonchev–Trinajstić information content (AvgIpc) is 3.35. The van der Waals surface area contributed by atoms with E-state index in [0.717, 1.165) is 16.2 Å². The molecule has 178 valence electrons. The summed E-state index contributed by atoms with van der Waals surface area (Å²) in [5.41, 5.74) is 0.599. The summed E-state index contributed by atoms with van der Waals surface area (Å²) in [5, 5.41) is 2.79.